The highest BCUT2D eigenvalue weighted by Crippen LogP contribution is 2.50. The molecule has 0 saturated carbocycles. The summed E-state index contributed by atoms with van der Waals surface area (Å²) >= 11 is 0. The normalized spacial score (nSPS) is 45.3. The number of aliphatic carboxylic acids is 3. The number of rotatable bonds is 46. The summed E-state index contributed by atoms with van der Waals surface area (Å²) in [7, 11) is -5.73. The molecule has 3 amide bonds. The summed E-state index contributed by atoms with van der Waals surface area (Å²) in [6, 6.07) is -6.32. The lowest BCUT2D eigenvalue weighted by Crippen LogP contribution is -2.72. The number of carbonyl (C=O) groups is 6. The van der Waals surface area contributed by atoms with E-state index in [-0.39, 0.29) is 0 Å². The first-order valence-corrected chi connectivity index (χ1v) is 47.1. The number of phosphoric acid groups is 1. The number of nitrogens with two attached hydrogens (primary N) is 1. The van der Waals surface area contributed by atoms with Crippen molar-refractivity contribution in [3.63, 3.8) is 0 Å². The second-order valence-corrected chi connectivity index (χ2v) is 37.6. The summed E-state index contributed by atoms with van der Waals surface area (Å²) in [5.41, 5.74) is 5.52. The number of nitrogens with one attached hydrogen (secondary N) is 3. The fourth-order valence-electron chi connectivity index (χ4n) is 18.4. The van der Waals surface area contributed by atoms with Crippen LogP contribution in [0.4, 0.5) is 0 Å². The molecule has 0 aliphatic carbocycles. The molecule has 0 bridgehead atoms. The van der Waals surface area contributed by atoms with Gasteiger partial charge in [0.1, 0.15) is 238 Å². The summed E-state index contributed by atoms with van der Waals surface area (Å²) in [5, 5.41) is 403. The van der Waals surface area contributed by atoms with Crippen molar-refractivity contribution in [1.82, 2.24) is 16.0 Å². The predicted molar refractivity (Wildman–Crippen MR) is 446 cm³/mol. The molecule has 0 aromatic heterocycles. The minimum atomic E-state index is -5.73. The number of ether oxygens (including phenoxy) is 19. The standard InChI is InChI=1S/C78H131N4O64P/c1-19(93)80-35-22(96)7-77(74(119)120,143-58(35)38(102)25(99)9-83)141-33(17-91)44(108)59-36(81-20(2)94)23(97)8-78(144-59,75(121)122)145-61-43(107)32(16-90)131-70(51(61)115)135-57-37(82-21(3)95)66(127-30(14-88)41(57)105)136-60-42(106)31(15-89)130-69(50(60)114)137-62-49(113)53(26(100)10-84)132-72(65(62)140-68-48(112)46(110)40(104)29(13-87)129-68)138-63-52(116)71(133-54-24(98)6-76(123,73(117)118)142-55(54)27(101)11-85)134-56(34(18-92)146-147(124,125)126-5-4-79)64(63)139-67-47(111)45(109)39(103)28(12-86)128-67/h22-72,83-92,96-116,123H,4-18,79H2,1-3H3,(H,80,93)(H,81,94)(H,82,95)(H,117,118)(H,119,120)(H,121,122)(H,124,125)/t22-,23-,24+,25+,26-,27+,28+,29+,30+,31+,32+,33+,34-,35+,36+,37+,38+,39+,40+,41-,42-,43-,44+,45-,46-,47+,48+,49+,50+,51+,52-,53+,54+,55+,56+,57+,58+,59+,60-,61-,62-,63+,64+,65-,66-,67-,68-,69-,70-,71-,72+,76+,77+,78-/m0/s1. The fraction of sp³-hybridized carbons (Fsp3) is 0.923. The first-order valence-electron chi connectivity index (χ1n) is 45.6. The molecule has 10 rings (SSSR count). The second-order valence-electron chi connectivity index (χ2n) is 36.2. The van der Waals surface area contributed by atoms with Crippen LogP contribution in [-0.2, 0) is 132 Å². The number of carboxylic acids is 3. The number of amides is 3. The van der Waals surface area contributed by atoms with Crippen molar-refractivity contribution in [2.75, 3.05) is 79.2 Å². The lowest BCUT2D eigenvalue weighted by molar-refractivity contribution is -0.423. The molecule has 41 N–H and O–H groups in total. The first kappa shape index (κ1) is 124. The Morgan fingerprint density at radius 1 is 0.367 bits per heavy atom. The Balaban J connectivity index is 1.03. The Hall–Kier alpha value is -5.15. The quantitative estimate of drug-likeness (QED) is 0.0252. The summed E-state index contributed by atoms with van der Waals surface area (Å²) in [5.74, 6) is -20.8. The van der Waals surface area contributed by atoms with Gasteiger partial charge >= 0.3 is 25.7 Å². The molecule has 852 valence electrons. The summed E-state index contributed by atoms with van der Waals surface area (Å²) < 4.78 is 137. The maximum absolute atomic E-state index is 14.0. The Labute approximate surface area is 827 Å². The molecule has 10 fully saturated rings. The zero-order chi connectivity index (χ0) is 109. The predicted octanol–water partition coefficient (Wildman–Crippen LogP) is -25.3. The third-order valence-electron chi connectivity index (χ3n) is 25.9. The number of phosphoric ester groups is 1. The molecule has 147 heavy (non-hydrogen) atoms. The van der Waals surface area contributed by atoms with Gasteiger partial charge in [0.2, 0.25) is 17.7 Å². The van der Waals surface area contributed by atoms with Crippen LogP contribution in [0.2, 0.25) is 0 Å². The van der Waals surface area contributed by atoms with Crippen LogP contribution >= 0.6 is 7.82 Å². The molecule has 10 saturated heterocycles. The monoisotopic (exact) mass is 2180 g/mol. The van der Waals surface area contributed by atoms with Crippen LogP contribution in [0.5, 0.6) is 0 Å². The molecule has 69 heteroatoms. The van der Waals surface area contributed by atoms with Crippen molar-refractivity contribution in [3.05, 3.63) is 0 Å². The number of hydrogen-bond donors (Lipinski definition) is 40. The zero-order valence-electron chi connectivity index (χ0n) is 77.6. The SMILES string of the molecule is CC(=O)N[C@H]1[C@H](O[C@H]2[C@@H](O)[C@@H](CO)O[C@@H](O[C@H]3[C@H](O)[C@@H]([C@@H](O)CO)O[C@H](O[C@@H]4[C@H](O)[C@@H](O[C@H]5[C@@H]([C@H](O)CO)O[C@@](O)(C(=O)O)C[C@H]5O)O[C@H]([C@H](CO)OP(=O)(O)OCCN)[C@H]4O[C@@H]4O[C@H](CO)[C@@H](O)[C@H](O)[C@H]4O)[C@H]3O[C@@H]3O[C@H](CO)[C@@H](O)[C@H](O)[C@H]3O)[C@@H]2O)O[C@H](CO)[C@H](O)[C@@H]1O[C@@H]1O[C@H](CO)[C@H](O)[C@H](O[C@]2(C(=O)O)C[C@H](O)[C@@H](NC(C)=O)[C@H]([C@H](O)[C@@H](CO)O[C@]3(C(=O)O)C[C@H](O)[C@@H](NC(C)=O)[C@H]([C@H](O)[C@H](O)CO)O3)O2)[C@H]1O. The van der Waals surface area contributed by atoms with Crippen LogP contribution in [0.1, 0.15) is 40.0 Å². The molecular formula is C78H131N4O64P. The third-order valence-corrected chi connectivity index (χ3v) is 27.0. The van der Waals surface area contributed by atoms with Crippen LogP contribution in [0, 0.1) is 0 Å². The van der Waals surface area contributed by atoms with E-state index in [4.69, 9.17) is 105 Å². The van der Waals surface area contributed by atoms with Crippen molar-refractivity contribution in [2.45, 2.75) is 370 Å². The molecule has 10 aliphatic heterocycles. The molecule has 0 spiro atoms. The van der Waals surface area contributed by atoms with Gasteiger partial charge in [-0.25, -0.2) is 18.9 Å². The van der Waals surface area contributed by atoms with Crippen molar-refractivity contribution < 1.29 is 316 Å². The van der Waals surface area contributed by atoms with Crippen molar-refractivity contribution in [3.8, 4) is 0 Å². The summed E-state index contributed by atoms with van der Waals surface area (Å²) in [6.45, 7) is -13.4. The van der Waals surface area contributed by atoms with Crippen molar-refractivity contribution in [2.24, 2.45) is 5.73 Å². The van der Waals surface area contributed by atoms with Gasteiger partial charge in [-0.05, 0) is 0 Å². The molecule has 10 aliphatic rings. The van der Waals surface area contributed by atoms with E-state index in [1.165, 1.54) is 0 Å². The number of hydrogen-bond acceptors (Lipinski definition) is 61. The van der Waals surface area contributed by atoms with E-state index in [0.717, 1.165) is 20.8 Å². The summed E-state index contributed by atoms with van der Waals surface area (Å²) in [6.07, 6.45) is -128. The van der Waals surface area contributed by atoms with Gasteiger partial charge in [0.15, 0.2) is 44.0 Å². The van der Waals surface area contributed by atoms with E-state index in [2.05, 4.69) is 16.0 Å². The van der Waals surface area contributed by atoms with Crippen molar-refractivity contribution >= 4 is 43.5 Å². The van der Waals surface area contributed by atoms with Gasteiger partial charge in [-0.3, -0.25) is 23.4 Å². The number of carboxylic acid groups (broad SMARTS) is 3. The van der Waals surface area contributed by atoms with Gasteiger partial charge in [-0.15, -0.1) is 0 Å². The van der Waals surface area contributed by atoms with E-state index in [1.54, 1.807) is 0 Å². The Morgan fingerprint density at radius 2 is 0.755 bits per heavy atom. The minimum Gasteiger partial charge on any atom is -0.477 e. The fourth-order valence-corrected chi connectivity index (χ4v) is 19.3. The zero-order valence-corrected chi connectivity index (χ0v) is 78.5. The van der Waals surface area contributed by atoms with E-state index in [9.17, 15) is 217 Å². The lowest BCUT2D eigenvalue weighted by atomic mass is 9.87. The lowest BCUT2D eigenvalue weighted by Gasteiger charge is -2.53. The topological polar surface area (TPSA) is 1100 Å². The molecule has 0 aromatic carbocycles. The number of aliphatic hydroxyl groups is 32. The van der Waals surface area contributed by atoms with E-state index >= 15 is 0 Å². The summed E-state index contributed by atoms with van der Waals surface area (Å²) in [4.78, 5) is 89.6. The first-order chi connectivity index (χ1) is 69.0. The maximum Gasteiger partial charge on any atom is 0.472 e. The number of aliphatic hydroxyl groups excluding tert-OH is 31. The maximum atomic E-state index is 14.0. The molecule has 0 aromatic rings. The van der Waals surface area contributed by atoms with Crippen LogP contribution in [-0.4, -0.2) is 628 Å². The smallest absolute Gasteiger partial charge is 0.472 e. The van der Waals surface area contributed by atoms with Gasteiger partial charge in [-0.1, -0.05) is 0 Å². The highest BCUT2D eigenvalue weighted by Gasteiger charge is 2.68. The van der Waals surface area contributed by atoms with E-state index in [1.807, 2.05) is 0 Å². The largest absolute Gasteiger partial charge is 0.477 e. The Kier molecular flexibility index (Phi) is 44.3. The molecule has 55 atom stereocenters. The Morgan fingerprint density at radius 3 is 1.22 bits per heavy atom. The van der Waals surface area contributed by atoms with Crippen molar-refractivity contribution in [1.29, 1.82) is 0 Å². The van der Waals surface area contributed by atoms with Gasteiger partial charge in [0, 0.05) is 46.6 Å². The molecule has 68 nitrogen and oxygen atoms in total. The average Bonchev–Trinajstić information content (AvgIpc) is 0.744. The van der Waals surface area contributed by atoms with Crippen LogP contribution in [0.25, 0.3) is 0 Å². The van der Waals surface area contributed by atoms with Crippen LogP contribution in [0.3, 0.4) is 0 Å². The second kappa shape index (κ2) is 52.6. The number of carbonyl (C=O) groups excluding carboxylic acids is 3. The minimum absolute atomic E-state index is 0.551. The third kappa shape index (κ3) is 27.4. The van der Waals surface area contributed by atoms with Gasteiger partial charge in [0.05, 0.1) is 103 Å². The molecular weight excluding hydrogens is 2050 g/mol. The highest BCUT2D eigenvalue weighted by atomic mass is 31.2. The van der Waals surface area contributed by atoms with E-state index < -0.39 is 472 Å². The average molecular weight is 2180 g/mol. The highest BCUT2D eigenvalue weighted by molar-refractivity contribution is 7.47. The van der Waals surface area contributed by atoms with Gasteiger partial charge in [-0.2, -0.15) is 0 Å². The van der Waals surface area contributed by atoms with Crippen LogP contribution in [0.15, 0.2) is 0 Å². The van der Waals surface area contributed by atoms with Gasteiger partial charge in [0.25, 0.3) is 17.4 Å². The molecule has 10 heterocycles. The molecule has 0 radical (unpaired) electrons. The van der Waals surface area contributed by atoms with Gasteiger partial charge < -0.3 is 295 Å². The van der Waals surface area contributed by atoms with E-state index in [0.29, 0.717) is 0 Å². The van der Waals surface area contributed by atoms with Crippen LogP contribution < -0.4 is 21.7 Å². The Bertz CT molecular complexity index is 4240. The molecule has 1 unspecified atom stereocenters.